The normalized spacial score (nSPS) is 24.2. The zero-order chi connectivity index (χ0) is 13.8. The zero-order valence-corrected chi connectivity index (χ0v) is 11.6. The van der Waals surface area contributed by atoms with Gasteiger partial charge in [0.05, 0.1) is 12.0 Å². The first-order valence-electron chi connectivity index (χ1n) is 6.65. The molecule has 1 aliphatic heterocycles. The highest BCUT2D eigenvalue weighted by atomic mass is 16.4. The van der Waals surface area contributed by atoms with Crippen LogP contribution >= 0.6 is 0 Å². The van der Waals surface area contributed by atoms with Crippen LogP contribution in [0.3, 0.4) is 0 Å². The average Bonchev–Trinajstić information content (AvgIpc) is 2.73. The first-order chi connectivity index (χ1) is 8.45. The van der Waals surface area contributed by atoms with Crippen molar-refractivity contribution in [1.29, 1.82) is 0 Å². The van der Waals surface area contributed by atoms with Crippen molar-refractivity contribution < 1.29 is 14.7 Å². The average molecular weight is 256 g/mol. The van der Waals surface area contributed by atoms with Crippen molar-refractivity contribution in [2.24, 2.45) is 5.41 Å². The number of likely N-dealkylation sites (tertiary alicyclic amines) is 1. The van der Waals surface area contributed by atoms with Crippen LogP contribution < -0.4 is 0 Å². The van der Waals surface area contributed by atoms with Gasteiger partial charge < -0.3 is 10.0 Å². The first-order valence-corrected chi connectivity index (χ1v) is 6.65. The molecule has 104 valence electrons. The third-order valence-electron chi connectivity index (χ3n) is 3.87. The van der Waals surface area contributed by atoms with E-state index in [2.05, 4.69) is 0 Å². The number of rotatable bonds is 6. The molecule has 0 spiro atoms. The van der Waals surface area contributed by atoms with E-state index in [-0.39, 0.29) is 5.91 Å². The van der Waals surface area contributed by atoms with Gasteiger partial charge in [-0.1, -0.05) is 13.3 Å². The lowest BCUT2D eigenvalue weighted by Gasteiger charge is -2.25. The van der Waals surface area contributed by atoms with Crippen LogP contribution in [0.25, 0.3) is 0 Å². The number of carboxylic acid groups (broad SMARTS) is 1. The summed E-state index contributed by atoms with van der Waals surface area (Å²) in [6.07, 6.45) is 2.21. The molecule has 1 aliphatic rings. The molecule has 0 aromatic heterocycles. The molecule has 18 heavy (non-hydrogen) atoms. The standard InChI is InChI=1S/C13H24N2O3/c1-4-6-13(12(17)18)7-8-15(10-13)9-11(16)14(3)5-2/h4-10H2,1-3H3,(H,17,18). The maximum absolute atomic E-state index is 11.8. The second-order valence-electron chi connectivity index (χ2n) is 5.20. The Morgan fingerprint density at radius 2 is 2.06 bits per heavy atom. The molecule has 5 heteroatoms. The van der Waals surface area contributed by atoms with Crippen LogP contribution in [0, 0.1) is 5.41 Å². The summed E-state index contributed by atoms with van der Waals surface area (Å²) in [5, 5.41) is 9.38. The molecule has 0 saturated carbocycles. The van der Waals surface area contributed by atoms with E-state index < -0.39 is 11.4 Å². The Hall–Kier alpha value is -1.10. The van der Waals surface area contributed by atoms with E-state index in [4.69, 9.17) is 0 Å². The molecule has 0 radical (unpaired) electrons. The molecular weight excluding hydrogens is 232 g/mol. The van der Waals surface area contributed by atoms with Crippen molar-refractivity contribution in [2.75, 3.05) is 33.2 Å². The smallest absolute Gasteiger partial charge is 0.310 e. The molecule has 1 fully saturated rings. The van der Waals surface area contributed by atoms with E-state index in [9.17, 15) is 14.7 Å². The lowest BCUT2D eigenvalue weighted by atomic mass is 9.83. The molecule has 0 bridgehead atoms. The summed E-state index contributed by atoms with van der Waals surface area (Å²) < 4.78 is 0. The van der Waals surface area contributed by atoms with Gasteiger partial charge in [0.1, 0.15) is 0 Å². The van der Waals surface area contributed by atoms with Crippen molar-refractivity contribution in [3.05, 3.63) is 0 Å². The molecular formula is C13H24N2O3. The van der Waals surface area contributed by atoms with Crippen LogP contribution in [0.15, 0.2) is 0 Å². The Labute approximate surface area is 109 Å². The zero-order valence-electron chi connectivity index (χ0n) is 11.6. The lowest BCUT2D eigenvalue weighted by Crippen LogP contribution is -2.40. The topological polar surface area (TPSA) is 60.9 Å². The molecule has 0 aromatic carbocycles. The summed E-state index contributed by atoms with van der Waals surface area (Å²) in [5.41, 5.74) is -0.639. The third-order valence-corrected chi connectivity index (χ3v) is 3.87. The van der Waals surface area contributed by atoms with Gasteiger partial charge in [0.15, 0.2) is 0 Å². The molecule has 0 aromatic rings. The molecule has 1 atom stereocenters. The number of hydrogen-bond acceptors (Lipinski definition) is 3. The fourth-order valence-corrected chi connectivity index (χ4v) is 2.55. The number of hydrogen-bond donors (Lipinski definition) is 1. The molecule has 5 nitrogen and oxygen atoms in total. The van der Waals surface area contributed by atoms with Crippen LogP contribution in [-0.2, 0) is 9.59 Å². The van der Waals surface area contributed by atoms with Crippen LogP contribution in [-0.4, -0.2) is 60.0 Å². The first kappa shape index (κ1) is 15.0. The van der Waals surface area contributed by atoms with E-state index in [1.807, 2.05) is 18.7 Å². The maximum atomic E-state index is 11.8. The van der Waals surface area contributed by atoms with E-state index in [0.29, 0.717) is 39.0 Å². The summed E-state index contributed by atoms with van der Waals surface area (Å²) in [4.78, 5) is 26.9. The Bertz CT molecular complexity index is 319. The van der Waals surface area contributed by atoms with E-state index in [1.54, 1.807) is 11.9 Å². The number of likely N-dealkylation sites (N-methyl/N-ethyl adjacent to an activating group) is 1. The second-order valence-corrected chi connectivity index (χ2v) is 5.20. The Morgan fingerprint density at radius 1 is 1.39 bits per heavy atom. The van der Waals surface area contributed by atoms with Crippen LogP contribution in [0.5, 0.6) is 0 Å². The molecule has 1 unspecified atom stereocenters. The largest absolute Gasteiger partial charge is 0.481 e. The lowest BCUT2D eigenvalue weighted by molar-refractivity contribution is -0.149. The van der Waals surface area contributed by atoms with E-state index >= 15 is 0 Å². The van der Waals surface area contributed by atoms with E-state index in [1.165, 1.54) is 0 Å². The number of amides is 1. The number of aliphatic carboxylic acids is 1. The van der Waals surface area contributed by atoms with Gasteiger partial charge in [-0.15, -0.1) is 0 Å². The summed E-state index contributed by atoms with van der Waals surface area (Å²) in [5.74, 6) is -0.654. The Morgan fingerprint density at radius 3 is 2.56 bits per heavy atom. The predicted octanol–water partition coefficient (Wildman–Crippen LogP) is 1.04. The summed E-state index contributed by atoms with van der Waals surface area (Å²) in [7, 11) is 1.77. The Balaban J connectivity index is 2.59. The van der Waals surface area contributed by atoms with Gasteiger partial charge in [0.2, 0.25) is 5.91 Å². The molecule has 0 aliphatic carbocycles. The summed E-state index contributed by atoms with van der Waals surface area (Å²) in [6, 6.07) is 0. The number of carbonyl (C=O) groups is 2. The van der Waals surface area contributed by atoms with Crippen LogP contribution in [0.4, 0.5) is 0 Å². The highest BCUT2D eigenvalue weighted by molar-refractivity contribution is 5.79. The van der Waals surface area contributed by atoms with Crippen molar-refractivity contribution in [3.8, 4) is 0 Å². The minimum Gasteiger partial charge on any atom is -0.481 e. The third kappa shape index (κ3) is 3.22. The van der Waals surface area contributed by atoms with Gasteiger partial charge in [0, 0.05) is 20.1 Å². The molecule has 1 N–H and O–H groups in total. The van der Waals surface area contributed by atoms with Crippen molar-refractivity contribution in [1.82, 2.24) is 9.80 Å². The van der Waals surface area contributed by atoms with Gasteiger partial charge in [-0.25, -0.2) is 0 Å². The van der Waals surface area contributed by atoms with Gasteiger partial charge in [0.25, 0.3) is 0 Å². The van der Waals surface area contributed by atoms with Crippen molar-refractivity contribution in [3.63, 3.8) is 0 Å². The number of carboxylic acids is 1. The van der Waals surface area contributed by atoms with Crippen LogP contribution in [0.1, 0.15) is 33.1 Å². The van der Waals surface area contributed by atoms with Crippen LogP contribution in [0.2, 0.25) is 0 Å². The molecule has 1 heterocycles. The highest BCUT2D eigenvalue weighted by Crippen LogP contribution is 2.35. The fourth-order valence-electron chi connectivity index (χ4n) is 2.55. The SMILES string of the molecule is CCCC1(C(=O)O)CCN(CC(=O)N(C)CC)C1. The van der Waals surface area contributed by atoms with Gasteiger partial charge in [-0.3, -0.25) is 14.5 Å². The summed E-state index contributed by atoms with van der Waals surface area (Å²) >= 11 is 0. The summed E-state index contributed by atoms with van der Waals surface area (Å²) in [6.45, 7) is 6.16. The monoisotopic (exact) mass is 256 g/mol. The van der Waals surface area contributed by atoms with E-state index in [0.717, 1.165) is 6.42 Å². The number of nitrogens with zero attached hydrogens (tertiary/aromatic N) is 2. The molecule has 1 saturated heterocycles. The van der Waals surface area contributed by atoms with Gasteiger partial charge >= 0.3 is 5.97 Å². The second kappa shape index (κ2) is 6.18. The quantitative estimate of drug-likeness (QED) is 0.771. The maximum Gasteiger partial charge on any atom is 0.310 e. The van der Waals surface area contributed by atoms with Crippen molar-refractivity contribution in [2.45, 2.75) is 33.1 Å². The van der Waals surface area contributed by atoms with Gasteiger partial charge in [-0.05, 0) is 26.3 Å². The highest BCUT2D eigenvalue weighted by Gasteiger charge is 2.44. The van der Waals surface area contributed by atoms with Gasteiger partial charge in [-0.2, -0.15) is 0 Å². The molecule has 1 rings (SSSR count). The number of carbonyl (C=O) groups excluding carboxylic acids is 1. The predicted molar refractivity (Wildman–Crippen MR) is 69.3 cm³/mol. The fraction of sp³-hybridized carbons (Fsp3) is 0.846. The Kier molecular flexibility index (Phi) is 5.14. The van der Waals surface area contributed by atoms with Crippen molar-refractivity contribution >= 4 is 11.9 Å². The molecule has 1 amide bonds. The minimum absolute atomic E-state index is 0.0650. The minimum atomic E-state index is -0.719.